The molecule has 1 aliphatic rings. The highest BCUT2D eigenvalue weighted by molar-refractivity contribution is 6.16. The van der Waals surface area contributed by atoms with Crippen molar-refractivity contribution in [3.05, 3.63) is 235 Å². The van der Waals surface area contributed by atoms with Gasteiger partial charge in [0.1, 0.15) is 22.3 Å². The molecule has 0 atom stereocenters. The summed E-state index contributed by atoms with van der Waals surface area (Å²) in [5, 5.41) is 4.32. The van der Waals surface area contributed by atoms with Gasteiger partial charge in [-0.15, -0.1) is 0 Å². The molecule has 0 aliphatic heterocycles. The number of furan rings is 2. The van der Waals surface area contributed by atoms with E-state index in [1.165, 1.54) is 33.4 Å². The lowest BCUT2D eigenvalue weighted by Crippen LogP contribution is -2.28. The van der Waals surface area contributed by atoms with Crippen molar-refractivity contribution in [2.24, 2.45) is 0 Å². The summed E-state index contributed by atoms with van der Waals surface area (Å²) in [6.45, 7) is 0. The summed E-state index contributed by atoms with van der Waals surface area (Å²) < 4.78 is 13.4. The second-order valence-electron chi connectivity index (χ2n) is 15.2. The quantitative estimate of drug-likeness (QED) is 0.170. The van der Waals surface area contributed by atoms with Crippen molar-refractivity contribution in [1.29, 1.82) is 0 Å². The standard InChI is InChI=1S/C55H35NO2/c1-3-16-36(17-4-1)41-25-14-26-46-53-49(29-15-31-51(53)58-54(41)46)56(40-32-33-45-44-24-9-12-30-50(44)57-52(45)35-40)39-21-13-20-38(34-39)55(37-18-5-2-6-19-37)47-27-10-7-22-42(47)43-23-8-11-28-48(43)55/h1-35H. The number of hydrogen-bond donors (Lipinski definition) is 0. The average molecular weight is 742 g/mol. The minimum absolute atomic E-state index is 0.544. The molecule has 3 nitrogen and oxygen atoms in total. The molecule has 0 radical (unpaired) electrons. The fourth-order valence-corrected chi connectivity index (χ4v) is 9.73. The van der Waals surface area contributed by atoms with Crippen LogP contribution in [0.2, 0.25) is 0 Å². The first-order valence-electron chi connectivity index (χ1n) is 19.8. The molecule has 0 amide bonds. The highest BCUT2D eigenvalue weighted by Gasteiger charge is 2.46. The molecule has 0 bridgehead atoms. The van der Waals surface area contributed by atoms with E-state index < -0.39 is 5.41 Å². The number of benzene rings is 9. The molecule has 12 rings (SSSR count). The lowest BCUT2D eigenvalue weighted by molar-refractivity contribution is 0.669. The summed E-state index contributed by atoms with van der Waals surface area (Å²) >= 11 is 0. The summed E-state index contributed by atoms with van der Waals surface area (Å²) in [4.78, 5) is 2.38. The Labute approximate surface area is 335 Å². The van der Waals surface area contributed by atoms with E-state index >= 15 is 0 Å². The maximum atomic E-state index is 6.82. The van der Waals surface area contributed by atoms with E-state index in [0.717, 1.165) is 72.1 Å². The van der Waals surface area contributed by atoms with Crippen molar-refractivity contribution >= 4 is 60.9 Å². The van der Waals surface area contributed by atoms with Crippen molar-refractivity contribution in [2.45, 2.75) is 5.41 Å². The van der Waals surface area contributed by atoms with Crippen LogP contribution < -0.4 is 4.90 Å². The molecule has 2 heterocycles. The zero-order chi connectivity index (χ0) is 38.2. The molecule has 58 heavy (non-hydrogen) atoms. The van der Waals surface area contributed by atoms with Gasteiger partial charge in [0.2, 0.25) is 0 Å². The molecule has 0 spiro atoms. The van der Waals surface area contributed by atoms with Crippen LogP contribution in [0.4, 0.5) is 17.1 Å². The van der Waals surface area contributed by atoms with E-state index in [4.69, 9.17) is 8.83 Å². The van der Waals surface area contributed by atoms with E-state index in [1.807, 2.05) is 12.1 Å². The van der Waals surface area contributed by atoms with Crippen molar-refractivity contribution in [3.63, 3.8) is 0 Å². The Hall–Kier alpha value is -7.62. The molecule has 0 saturated carbocycles. The van der Waals surface area contributed by atoms with Crippen LogP contribution in [0, 0.1) is 0 Å². The number of para-hydroxylation sites is 2. The first kappa shape index (κ1) is 32.6. The molecule has 0 N–H and O–H groups in total. The van der Waals surface area contributed by atoms with Gasteiger partial charge in [0, 0.05) is 39.2 Å². The number of nitrogens with zero attached hydrogens (tertiary/aromatic N) is 1. The molecule has 0 unspecified atom stereocenters. The van der Waals surface area contributed by atoms with E-state index in [1.54, 1.807) is 0 Å². The monoisotopic (exact) mass is 741 g/mol. The topological polar surface area (TPSA) is 29.5 Å². The zero-order valence-electron chi connectivity index (χ0n) is 31.5. The van der Waals surface area contributed by atoms with Gasteiger partial charge in [-0.1, -0.05) is 164 Å². The Morgan fingerprint density at radius 3 is 1.76 bits per heavy atom. The van der Waals surface area contributed by atoms with Crippen molar-refractivity contribution in [2.75, 3.05) is 4.90 Å². The van der Waals surface area contributed by atoms with Gasteiger partial charge in [0.25, 0.3) is 0 Å². The van der Waals surface area contributed by atoms with E-state index in [0.29, 0.717) is 0 Å². The van der Waals surface area contributed by atoms with Gasteiger partial charge in [-0.2, -0.15) is 0 Å². The Kier molecular flexibility index (Phi) is 7.14. The smallest absolute Gasteiger partial charge is 0.143 e. The summed E-state index contributed by atoms with van der Waals surface area (Å²) in [7, 11) is 0. The lowest BCUT2D eigenvalue weighted by Gasteiger charge is -2.35. The third-order valence-corrected chi connectivity index (χ3v) is 12.1. The average Bonchev–Trinajstić information content (AvgIpc) is 3.96. The Bertz CT molecular complexity index is 3310. The maximum Gasteiger partial charge on any atom is 0.143 e. The second-order valence-corrected chi connectivity index (χ2v) is 15.2. The van der Waals surface area contributed by atoms with Crippen LogP contribution >= 0.6 is 0 Å². The minimum Gasteiger partial charge on any atom is -0.456 e. The highest BCUT2D eigenvalue weighted by Crippen LogP contribution is 2.57. The molecular formula is C55H35NO2. The van der Waals surface area contributed by atoms with Gasteiger partial charge in [-0.3, -0.25) is 0 Å². The Balaban J connectivity index is 1.15. The first-order chi connectivity index (χ1) is 28.8. The van der Waals surface area contributed by atoms with Crippen LogP contribution in [0.3, 0.4) is 0 Å². The predicted molar refractivity (Wildman–Crippen MR) is 238 cm³/mol. The lowest BCUT2D eigenvalue weighted by atomic mass is 9.67. The number of hydrogen-bond acceptors (Lipinski definition) is 3. The summed E-state index contributed by atoms with van der Waals surface area (Å²) in [5.41, 5.74) is 15.7. The third-order valence-electron chi connectivity index (χ3n) is 12.1. The fraction of sp³-hybridized carbons (Fsp3) is 0.0182. The number of rotatable bonds is 6. The van der Waals surface area contributed by atoms with Crippen molar-refractivity contribution in [1.82, 2.24) is 0 Å². The SMILES string of the molecule is c1ccc(-c2cccc3c2oc2cccc(N(c4cccc(C5(c6ccccc6)c6ccccc6-c6ccccc65)c4)c4ccc5c(c4)oc4ccccc45)c23)cc1. The fourth-order valence-electron chi connectivity index (χ4n) is 9.73. The van der Waals surface area contributed by atoms with Gasteiger partial charge < -0.3 is 13.7 Å². The van der Waals surface area contributed by atoms with Crippen LogP contribution in [0.1, 0.15) is 22.3 Å². The molecule has 0 saturated heterocycles. The normalized spacial score (nSPS) is 13.0. The van der Waals surface area contributed by atoms with E-state index in [9.17, 15) is 0 Å². The number of anilines is 3. The third kappa shape index (κ3) is 4.68. The molecule has 2 aromatic heterocycles. The molecule has 272 valence electrons. The largest absolute Gasteiger partial charge is 0.456 e. The van der Waals surface area contributed by atoms with Crippen LogP contribution in [0.15, 0.2) is 221 Å². The van der Waals surface area contributed by atoms with Gasteiger partial charge >= 0.3 is 0 Å². The van der Waals surface area contributed by atoms with Crippen LogP contribution in [0.5, 0.6) is 0 Å². The Morgan fingerprint density at radius 2 is 0.948 bits per heavy atom. The van der Waals surface area contributed by atoms with Gasteiger partial charge in [0.15, 0.2) is 0 Å². The second kappa shape index (κ2) is 12.7. The predicted octanol–water partition coefficient (Wildman–Crippen LogP) is 15.0. The van der Waals surface area contributed by atoms with Crippen LogP contribution in [-0.4, -0.2) is 0 Å². The summed E-state index contributed by atoms with van der Waals surface area (Å²) in [6, 6.07) is 76.2. The summed E-state index contributed by atoms with van der Waals surface area (Å²) in [5.74, 6) is 0. The van der Waals surface area contributed by atoms with Crippen LogP contribution in [-0.2, 0) is 5.41 Å². The molecule has 0 fully saturated rings. The highest BCUT2D eigenvalue weighted by atomic mass is 16.3. The first-order valence-corrected chi connectivity index (χ1v) is 19.8. The van der Waals surface area contributed by atoms with Crippen molar-refractivity contribution in [3.8, 4) is 22.3 Å². The van der Waals surface area contributed by atoms with Gasteiger partial charge in [0.05, 0.1) is 16.5 Å². The molecule has 9 aromatic carbocycles. The summed E-state index contributed by atoms with van der Waals surface area (Å²) in [6.07, 6.45) is 0. The molecule has 3 heteroatoms. The number of fused-ring (bicyclic) bond motifs is 9. The van der Waals surface area contributed by atoms with Crippen molar-refractivity contribution < 1.29 is 8.83 Å². The van der Waals surface area contributed by atoms with Crippen LogP contribution in [0.25, 0.3) is 66.1 Å². The zero-order valence-corrected chi connectivity index (χ0v) is 31.5. The molecule has 11 aromatic rings. The van der Waals surface area contributed by atoms with Gasteiger partial charge in [-0.25, -0.2) is 0 Å². The minimum atomic E-state index is -0.544. The van der Waals surface area contributed by atoms with E-state index in [-0.39, 0.29) is 0 Å². The molecular weight excluding hydrogens is 707 g/mol. The van der Waals surface area contributed by atoms with E-state index in [2.05, 4.69) is 205 Å². The Morgan fingerprint density at radius 1 is 0.362 bits per heavy atom. The van der Waals surface area contributed by atoms with Gasteiger partial charge in [-0.05, 0) is 81.4 Å². The maximum absolute atomic E-state index is 6.82. The molecule has 1 aliphatic carbocycles.